The van der Waals surface area contributed by atoms with E-state index < -0.39 is 0 Å². The van der Waals surface area contributed by atoms with Gasteiger partial charge in [0.15, 0.2) is 11.2 Å². The minimum atomic E-state index is -0.283. The van der Waals surface area contributed by atoms with E-state index in [4.69, 9.17) is 0 Å². The summed E-state index contributed by atoms with van der Waals surface area (Å²) < 4.78 is 4.59. The highest BCUT2D eigenvalue weighted by Crippen LogP contribution is 2.06. The molecule has 0 fully saturated rings. The maximum atomic E-state index is 12.5. The van der Waals surface area contributed by atoms with Gasteiger partial charge in [-0.2, -0.15) is 0 Å². The van der Waals surface area contributed by atoms with E-state index in [2.05, 4.69) is 20.9 Å². The van der Waals surface area contributed by atoms with Gasteiger partial charge in [-0.05, 0) is 19.8 Å². The van der Waals surface area contributed by atoms with Gasteiger partial charge in [0.25, 0.3) is 5.56 Å². The fourth-order valence-electron chi connectivity index (χ4n) is 2.48. The van der Waals surface area contributed by atoms with E-state index in [0.717, 1.165) is 31.0 Å². The van der Waals surface area contributed by atoms with Crippen LogP contribution in [0, 0.1) is 0 Å². The van der Waals surface area contributed by atoms with Crippen LogP contribution in [0.25, 0.3) is 11.2 Å². The largest absolute Gasteiger partial charge is 0.332 e. The number of hydrogen-bond donors (Lipinski definition) is 0. The molecule has 0 aromatic carbocycles. The average molecular weight is 357 g/mol. The fourth-order valence-corrected chi connectivity index (χ4v) is 2.87. The van der Waals surface area contributed by atoms with Crippen LogP contribution in [0.5, 0.6) is 0 Å². The van der Waals surface area contributed by atoms with Crippen LogP contribution in [-0.2, 0) is 20.1 Å². The van der Waals surface area contributed by atoms with Crippen LogP contribution in [0.4, 0.5) is 0 Å². The highest BCUT2D eigenvalue weighted by molar-refractivity contribution is 9.09. The molecule has 0 saturated carbocycles. The third kappa shape index (κ3) is 3.12. The summed E-state index contributed by atoms with van der Waals surface area (Å²) in [7, 11) is 1.67. The molecule has 0 aliphatic rings. The van der Waals surface area contributed by atoms with Gasteiger partial charge < -0.3 is 4.57 Å². The Morgan fingerprint density at radius 2 is 1.90 bits per heavy atom. The first-order valence-corrected chi connectivity index (χ1v) is 8.44. The van der Waals surface area contributed by atoms with Crippen molar-refractivity contribution in [3.05, 3.63) is 27.2 Å². The van der Waals surface area contributed by atoms with Crippen LogP contribution < -0.4 is 11.2 Å². The Morgan fingerprint density at radius 1 is 1.19 bits per heavy atom. The highest BCUT2D eigenvalue weighted by Gasteiger charge is 2.15. The summed E-state index contributed by atoms with van der Waals surface area (Å²) in [6.45, 7) is 3.09. The molecule has 0 amide bonds. The van der Waals surface area contributed by atoms with Gasteiger partial charge in [-0.25, -0.2) is 9.78 Å². The number of hydrogen-bond acceptors (Lipinski definition) is 3. The van der Waals surface area contributed by atoms with E-state index in [1.165, 1.54) is 9.13 Å². The van der Waals surface area contributed by atoms with E-state index in [1.807, 2.05) is 6.92 Å². The van der Waals surface area contributed by atoms with Gasteiger partial charge in [0.05, 0.1) is 6.33 Å². The Morgan fingerprint density at radius 3 is 2.57 bits per heavy atom. The molecule has 2 aromatic heterocycles. The number of fused-ring (bicyclic) bond motifs is 1. The monoisotopic (exact) mass is 356 g/mol. The second kappa shape index (κ2) is 7.06. The van der Waals surface area contributed by atoms with E-state index in [9.17, 15) is 9.59 Å². The summed E-state index contributed by atoms with van der Waals surface area (Å²) in [6.07, 6.45) is 5.70. The smallest absolute Gasteiger partial charge is 0.325 e. The SMILES string of the molecule is CCn1cnc2c1c(=O)n(CCCCCCBr)c(=O)n2C. The van der Waals surface area contributed by atoms with Crippen LogP contribution in [-0.4, -0.2) is 24.0 Å². The van der Waals surface area contributed by atoms with Crippen molar-refractivity contribution in [2.24, 2.45) is 7.05 Å². The third-order valence-corrected chi connectivity index (χ3v) is 4.27. The Bertz CT molecular complexity index is 729. The van der Waals surface area contributed by atoms with E-state index >= 15 is 0 Å². The third-order valence-electron chi connectivity index (χ3n) is 3.71. The number of halogens is 1. The molecular formula is C14H21BrN4O2. The lowest BCUT2D eigenvalue weighted by atomic mass is 10.2. The first kappa shape index (κ1) is 16.0. The van der Waals surface area contributed by atoms with Gasteiger partial charge in [-0.1, -0.05) is 28.8 Å². The second-order valence-corrected chi connectivity index (χ2v) is 5.90. The van der Waals surface area contributed by atoms with Gasteiger partial charge in [-0.15, -0.1) is 0 Å². The summed E-state index contributed by atoms with van der Waals surface area (Å²) in [4.78, 5) is 29.0. The zero-order chi connectivity index (χ0) is 15.4. The summed E-state index contributed by atoms with van der Waals surface area (Å²) in [6, 6.07) is 0. The number of rotatable bonds is 7. The van der Waals surface area contributed by atoms with Crippen molar-refractivity contribution in [1.82, 2.24) is 18.7 Å². The molecule has 2 heterocycles. The van der Waals surface area contributed by atoms with Crippen molar-refractivity contribution in [3.8, 4) is 0 Å². The van der Waals surface area contributed by atoms with Gasteiger partial charge in [0.2, 0.25) is 0 Å². The van der Waals surface area contributed by atoms with E-state index in [0.29, 0.717) is 24.3 Å². The molecule has 0 unspecified atom stereocenters. The molecular weight excluding hydrogens is 336 g/mol. The molecule has 0 spiro atoms. The molecule has 0 atom stereocenters. The molecule has 21 heavy (non-hydrogen) atoms. The molecule has 0 bridgehead atoms. The minimum absolute atomic E-state index is 0.229. The second-order valence-electron chi connectivity index (χ2n) is 5.10. The summed E-state index contributed by atoms with van der Waals surface area (Å²) in [5.74, 6) is 0. The standard InChI is InChI=1S/C14H21BrN4O2/c1-3-18-10-16-12-11(18)13(20)19(14(21)17(12)2)9-7-5-4-6-8-15/h10H,3-9H2,1-2H3. The molecule has 0 saturated heterocycles. The Hall–Kier alpha value is -1.37. The maximum absolute atomic E-state index is 12.5. The fraction of sp³-hybridized carbons (Fsp3) is 0.643. The molecule has 2 rings (SSSR count). The van der Waals surface area contributed by atoms with Crippen molar-refractivity contribution in [3.63, 3.8) is 0 Å². The Kier molecular flexibility index (Phi) is 5.39. The number of alkyl halides is 1. The van der Waals surface area contributed by atoms with Crippen LogP contribution in [0.15, 0.2) is 15.9 Å². The van der Waals surface area contributed by atoms with E-state index in [1.54, 1.807) is 17.9 Å². The molecule has 0 aliphatic carbocycles. The first-order valence-electron chi connectivity index (χ1n) is 7.32. The zero-order valence-electron chi connectivity index (χ0n) is 12.5. The molecule has 2 aromatic rings. The van der Waals surface area contributed by atoms with Crippen LogP contribution in [0.2, 0.25) is 0 Å². The van der Waals surface area contributed by atoms with Gasteiger partial charge in [-0.3, -0.25) is 13.9 Å². The van der Waals surface area contributed by atoms with Crippen molar-refractivity contribution < 1.29 is 0 Å². The summed E-state index contributed by atoms with van der Waals surface area (Å²) in [5, 5.41) is 0.996. The zero-order valence-corrected chi connectivity index (χ0v) is 14.1. The number of aromatic nitrogens is 4. The minimum Gasteiger partial charge on any atom is -0.325 e. The highest BCUT2D eigenvalue weighted by atomic mass is 79.9. The van der Waals surface area contributed by atoms with Crippen molar-refractivity contribution >= 4 is 27.1 Å². The maximum Gasteiger partial charge on any atom is 0.332 e. The molecule has 0 N–H and O–H groups in total. The van der Waals surface area contributed by atoms with Gasteiger partial charge >= 0.3 is 5.69 Å². The predicted molar refractivity (Wildman–Crippen MR) is 87.2 cm³/mol. The van der Waals surface area contributed by atoms with Crippen molar-refractivity contribution in [1.29, 1.82) is 0 Å². The molecule has 6 nitrogen and oxygen atoms in total. The lowest BCUT2D eigenvalue weighted by Crippen LogP contribution is -2.39. The van der Waals surface area contributed by atoms with Crippen molar-refractivity contribution in [2.45, 2.75) is 45.7 Å². The Labute approximate surface area is 131 Å². The topological polar surface area (TPSA) is 61.8 Å². The first-order chi connectivity index (χ1) is 10.1. The Balaban J connectivity index is 2.35. The molecule has 0 radical (unpaired) electrons. The number of imidazole rings is 1. The number of unbranched alkanes of at least 4 members (excludes halogenated alkanes) is 3. The van der Waals surface area contributed by atoms with E-state index in [-0.39, 0.29) is 11.2 Å². The molecule has 116 valence electrons. The molecule has 0 aliphatic heterocycles. The lowest BCUT2D eigenvalue weighted by molar-refractivity contribution is 0.539. The number of nitrogens with zero attached hydrogens (tertiary/aromatic N) is 4. The summed E-state index contributed by atoms with van der Waals surface area (Å²) >= 11 is 3.40. The van der Waals surface area contributed by atoms with Crippen LogP contribution in [0.1, 0.15) is 32.6 Å². The number of aryl methyl sites for hydroxylation is 2. The molecule has 7 heteroatoms. The quantitative estimate of drug-likeness (QED) is 0.562. The van der Waals surface area contributed by atoms with Crippen LogP contribution >= 0.6 is 15.9 Å². The lowest BCUT2D eigenvalue weighted by Gasteiger charge is -2.09. The average Bonchev–Trinajstić information content (AvgIpc) is 2.92. The normalized spacial score (nSPS) is 11.4. The van der Waals surface area contributed by atoms with Crippen LogP contribution in [0.3, 0.4) is 0 Å². The van der Waals surface area contributed by atoms with Crippen molar-refractivity contribution in [2.75, 3.05) is 5.33 Å². The van der Waals surface area contributed by atoms with Gasteiger partial charge in [0.1, 0.15) is 0 Å². The summed E-state index contributed by atoms with van der Waals surface area (Å²) in [5.41, 5.74) is 0.463. The van der Waals surface area contributed by atoms with Gasteiger partial charge in [0, 0.05) is 25.5 Å². The predicted octanol–water partition coefficient (Wildman–Crippen LogP) is 1.87.